The number of nitrogens with zero attached hydrogens (tertiary/aromatic N) is 4. The Morgan fingerprint density at radius 1 is 0.667 bits per heavy atom. The van der Waals surface area contributed by atoms with Gasteiger partial charge in [-0.15, -0.1) is 10.2 Å². The average molecular weight is 449 g/mol. The van der Waals surface area contributed by atoms with Crippen molar-refractivity contribution in [3.8, 4) is 34.0 Å². The van der Waals surface area contributed by atoms with Crippen molar-refractivity contribution in [3.63, 3.8) is 0 Å². The highest BCUT2D eigenvalue weighted by Crippen LogP contribution is 2.33. The fraction of sp³-hybridized carbons (Fsp3) is 0. The zero-order chi connectivity index (χ0) is 22.2. The van der Waals surface area contributed by atoms with E-state index in [1.165, 1.54) is 0 Å². The van der Waals surface area contributed by atoms with Gasteiger partial charge in [-0.3, -0.25) is 4.40 Å². The van der Waals surface area contributed by atoms with Crippen molar-refractivity contribution in [2.45, 2.75) is 0 Å². The molecule has 0 unspecified atom stereocenters. The van der Waals surface area contributed by atoms with E-state index in [0.717, 1.165) is 44.9 Å². The summed E-state index contributed by atoms with van der Waals surface area (Å²) in [6.45, 7) is 0. The van der Waals surface area contributed by atoms with Crippen LogP contribution < -0.4 is 4.74 Å². The fourth-order valence-electron chi connectivity index (χ4n) is 3.94. The van der Waals surface area contributed by atoms with Crippen LogP contribution in [0.4, 0.5) is 0 Å². The Bertz CT molecular complexity index is 1590. The van der Waals surface area contributed by atoms with Crippen molar-refractivity contribution in [3.05, 3.63) is 108 Å². The van der Waals surface area contributed by atoms with E-state index in [1.807, 2.05) is 95.4 Å². The van der Waals surface area contributed by atoms with Crippen LogP contribution in [0.3, 0.4) is 0 Å². The molecule has 0 aliphatic rings. The van der Waals surface area contributed by atoms with Crippen LogP contribution in [0.1, 0.15) is 0 Å². The molecule has 0 N–H and O–H groups in total. The number of hydrogen-bond donors (Lipinski definition) is 0. The molecule has 0 amide bonds. The summed E-state index contributed by atoms with van der Waals surface area (Å²) in [6, 6.07) is 31.3. The smallest absolute Gasteiger partial charge is 0.170 e. The first-order valence-electron chi connectivity index (χ1n) is 10.5. The van der Waals surface area contributed by atoms with E-state index >= 15 is 0 Å². The highest BCUT2D eigenvalue weighted by molar-refractivity contribution is 6.30. The van der Waals surface area contributed by atoms with E-state index in [9.17, 15) is 0 Å². The molecule has 6 aromatic rings. The molecule has 5 nitrogen and oxygen atoms in total. The molecule has 0 saturated carbocycles. The van der Waals surface area contributed by atoms with Crippen LogP contribution in [-0.4, -0.2) is 19.6 Å². The lowest BCUT2D eigenvalue weighted by Gasteiger charge is -2.10. The molecule has 0 fully saturated rings. The molecule has 6 heteroatoms. The molecular formula is C27H17ClN4O. The lowest BCUT2D eigenvalue weighted by Crippen LogP contribution is -1.97. The maximum Gasteiger partial charge on any atom is 0.170 e. The number of rotatable bonds is 4. The molecule has 3 aromatic carbocycles. The Balaban J connectivity index is 1.50. The quantitative estimate of drug-likeness (QED) is 0.289. The van der Waals surface area contributed by atoms with Gasteiger partial charge in [-0.1, -0.05) is 41.9 Å². The number of hydrogen-bond acceptors (Lipinski definition) is 4. The molecule has 3 heterocycles. The van der Waals surface area contributed by atoms with Crippen molar-refractivity contribution in [1.29, 1.82) is 0 Å². The van der Waals surface area contributed by atoms with Crippen LogP contribution in [0.2, 0.25) is 5.02 Å². The summed E-state index contributed by atoms with van der Waals surface area (Å²) in [5.74, 6) is 2.25. The topological polar surface area (TPSA) is 52.3 Å². The average Bonchev–Trinajstić information content (AvgIpc) is 3.30. The summed E-state index contributed by atoms with van der Waals surface area (Å²) in [4.78, 5) is 4.63. The Morgan fingerprint density at radius 3 is 2.30 bits per heavy atom. The standard InChI is InChI=1S/C27H17ClN4O/c28-21-8-4-6-19(16-21)24-17-20-7-5-15-29-25(20)32-26(30-31-27(24)32)18-11-13-23(14-12-18)33-22-9-2-1-3-10-22/h1-17H. The molecule has 33 heavy (non-hydrogen) atoms. The predicted octanol–water partition coefficient (Wildman–Crippen LogP) is 7.06. The minimum Gasteiger partial charge on any atom is -0.457 e. The van der Waals surface area contributed by atoms with Gasteiger partial charge < -0.3 is 4.74 Å². The van der Waals surface area contributed by atoms with Gasteiger partial charge >= 0.3 is 0 Å². The van der Waals surface area contributed by atoms with Gasteiger partial charge in [-0.05, 0) is 72.3 Å². The zero-order valence-electron chi connectivity index (χ0n) is 17.4. The van der Waals surface area contributed by atoms with Gasteiger partial charge in [-0.25, -0.2) is 4.98 Å². The van der Waals surface area contributed by atoms with E-state index in [1.54, 1.807) is 6.20 Å². The summed E-state index contributed by atoms with van der Waals surface area (Å²) >= 11 is 6.27. The Labute approximate surface area is 194 Å². The molecule has 0 bridgehead atoms. The van der Waals surface area contributed by atoms with E-state index in [-0.39, 0.29) is 0 Å². The molecule has 0 aliphatic carbocycles. The molecule has 0 atom stereocenters. The Kier molecular flexibility index (Phi) is 4.74. The third-order valence-electron chi connectivity index (χ3n) is 5.46. The summed E-state index contributed by atoms with van der Waals surface area (Å²) in [7, 11) is 0. The monoisotopic (exact) mass is 448 g/mol. The lowest BCUT2D eigenvalue weighted by molar-refractivity contribution is 0.483. The van der Waals surface area contributed by atoms with Crippen LogP contribution in [0.25, 0.3) is 39.2 Å². The highest BCUT2D eigenvalue weighted by atomic mass is 35.5. The first-order chi connectivity index (χ1) is 16.3. The van der Waals surface area contributed by atoms with Gasteiger partial charge in [0.1, 0.15) is 17.1 Å². The second-order valence-corrected chi connectivity index (χ2v) is 8.04. The number of ether oxygens (including phenoxy) is 1. The van der Waals surface area contributed by atoms with E-state index in [4.69, 9.17) is 16.3 Å². The SMILES string of the molecule is Clc1cccc(-c2cc3cccnc3n3c(-c4ccc(Oc5ccccc5)cc4)nnc23)c1. The van der Waals surface area contributed by atoms with Crippen molar-refractivity contribution in [1.82, 2.24) is 19.6 Å². The van der Waals surface area contributed by atoms with Crippen LogP contribution >= 0.6 is 11.6 Å². The predicted molar refractivity (Wildman–Crippen MR) is 131 cm³/mol. The summed E-state index contributed by atoms with van der Waals surface area (Å²) in [5.41, 5.74) is 4.36. The van der Waals surface area contributed by atoms with Gasteiger partial charge in [-0.2, -0.15) is 0 Å². The van der Waals surface area contributed by atoms with Gasteiger partial charge in [0.05, 0.1) is 0 Å². The number of benzene rings is 3. The second-order valence-electron chi connectivity index (χ2n) is 7.61. The summed E-state index contributed by atoms with van der Waals surface area (Å²) in [5, 5.41) is 10.7. The minimum absolute atomic E-state index is 0.672. The Hall–Kier alpha value is -4.22. The lowest BCUT2D eigenvalue weighted by atomic mass is 10.1. The van der Waals surface area contributed by atoms with Crippen molar-refractivity contribution in [2.75, 3.05) is 0 Å². The highest BCUT2D eigenvalue weighted by Gasteiger charge is 2.17. The number of para-hydroxylation sites is 1. The van der Waals surface area contributed by atoms with Crippen molar-refractivity contribution >= 4 is 28.3 Å². The third kappa shape index (κ3) is 3.58. The molecule has 0 spiro atoms. The van der Waals surface area contributed by atoms with Crippen LogP contribution in [-0.2, 0) is 0 Å². The van der Waals surface area contributed by atoms with Gasteiger partial charge in [0.15, 0.2) is 11.5 Å². The van der Waals surface area contributed by atoms with E-state index in [2.05, 4.69) is 21.2 Å². The molecule has 0 radical (unpaired) electrons. The van der Waals surface area contributed by atoms with Crippen LogP contribution in [0.15, 0.2) is 103 Å². The van der Waals surface area contributed by atoms with Gasteiger partial charge in [0, 0.05) is 27.7 Å². The maximum atomic E-state index is 6.27. The van der Waals surface area contributed by atoms with E-state index < -0.39 is 0 Å². The van der Waals surface area contributed by atoms with Crippen LogP contribution in [0, 0.1) is 0 Å². The second kappa shape index (κ2) is 8.04. The minimum atomic E-state index is 0.672. The molecule has 3 aromatic heterocycles. The normalized spacial score (nSPS) is 11.2. The molecule has 0 aliphatic heterocycles. The summed E-state index contributed by atoms with van der Waals surface area (Å²) < 4.78 is 7.93. The van der Waals surface area contributed by atoms with Gasteiger partial charge in [0.25, 0.3) is 0 Å². The number of halogens is 1. The van der Waals surface area contributed by atoms with Crippen molar-refractivity contribution in [2.24, 2.45) is 0 Å². The molecular weight excluding hydrogens is 432 g/mol. The number of aromatic nitrogens is 4. The zero-order valence-corrected chi connectivity index (χ0v) is 18.1. The van der Waals surface area contributed by atoms with Crippen molar-refractivity contribution < 1.29 is 4.74 Å². The summed E-state index contributed by atoms with van der Waals surface area (Å²) in [6.07, 6.45) is 1.78. The Morgan fingerprint density at radius 2 is 1.48 bits per heavy atom. The van der Waals surface area contributed by atoms with Crippen LogP contribution in [0.5, 0.6) is 11.5 Å². The fourth-order valence-corrected chi connectivity index (χ4v) is 4.13. The number of fused-ring (bicyclic) bond motifs is 3. The third-order valence-corrected chi connectivity index (χ3v) is 5.69. The maximum absolute atomic E-state index is 6.27. The molecule has 6 rings (SSSR count). The van der Waals surface area contributed by atoms with Gasteiger partial charge in [0.2, 0.25) is 0 Å². The first kappa shape index (κ1) is 19.5. The largest absolute Gasteiger partial charge is 0.457 e. The van der Waals surface area contributed by atoms with E-state index in [0.29, 0.717) is 10.8 Å². The first-order valence-corrected chi connectivity index (χ1v) is 10.9. The molecule has 0 saturated heterocycles. The molecule has 158 valence electrons. The number of pyridine rings is 2.